The second-order valence-corrected chi connectivity index (χ2v) is 6.21. The highest BCUT2D eigenvalue weighted by Gasteiger charge is 2.26. The number of rotatable bonds is 2. The monoisotopic (exact) mass is 340 g/mol. The van der Waals surface area contributed by atoms with Gasteiger partial charge in [-0.2, -0.15) is 0 Å². The first-order valence-electron chi connectivity index (χ1n) is 7.11. The van der Waals surface area contributed by atoms with Crippen LogP contribution in [0.5, 0.6) is 0 Å². The van der Waals surface area contributed by atoms with Crippen molar-refractivity contribution in [1.82, 2.24) is 4.57 Å². The molecule has 0 unspecified atom stereocenters. The van der Waals surface area contributed by atoms with Crippen LogP contribution in [-0.2, 0) is 19.9 Å². The number of carbonyl (C=O) groups is 1. The Morgan fingerprint density at radius 1 is 1.23 bits per heavy atom. The third kappa shape index (κ3) is 2.61. The SMILES string of the molecule is Cn1c(Cl)c2c(c1C(=O)Nc1ccc(F)c(Cl)c1)CCCC2. The van der Waals surface area contributed by atoms with E-state index in [4.69, 9.17) is 23.2 Å². The lowest BCUT2D eigenvalue weighted by Crippen LogP contribution is -2.18. The average Bonchev–Trinajstić information content (AvgIpc) is 2.75. The van der Waals surface area contributed by atoms with E-state index in [9.17, 15) is 9.18 Å². The topological polar surface area (TPSA) is 34.0 Å². The maximum atomic E-state index is 13.2. The minimum atomic E-state index is -0.515. The van der Waals surface area contributed by atoms with Crippen LogP contribution in [0.2, 0.25) is 10.2 Å². The molecule has 0 aliphatic heterocycles. The molecule has 1 N–H and O–H groups in total. The Morgan fingerprint density at radius 3 is 2.59 bits per heavy atom. The highest BCUT2D eigenvalue weighted by atomic mass is 35.5. The summed E-state index contributed by atoms with van der Waals surface area (Å²) < 4.78 is 14.9. The Bertz CT molecular complexity index is 755. The fraction of sp³-hybridized carbons (Fsp3) is 0.312. The molecule has 0 radical (unpaired) electrons. The molecule has 116 valence electrons. The second-order valence-electron chi connectivity index (χ2n) is 5.45. The average molecular weight is 341 g/mol. The summed E-state index contributed by atoms with van der Waals surface area (Å²) in [6, 6.07) is 4.10. The van der Waals surface area contributed by atoms with Crippen molar-refractivity contribution < 1.29 is 9.18 Å². The maximum Gasteiger partial charge on any atom is 0.272 e. The number of benzene rings is 1. The molecule has 1 aromatic carbocycles. The van der Waals surface area contributed by atoms with Gasteiger partial charge < -0.3 is 9.88 Å². The smallest absolute Gasteiger partial charge is 0.272 e. The fourth-order valence-electron chi connectivity index (χ4n) is 2.95. The second kappa shape index (κ2) is 5.94. The molecule has 1 amide bonds. The molecule has 1 aliphatic rings. The van der Waals surface area contributed by atoms with Crippen LogP contribution < -0.4 is 5.32 Å². The van der Waals surface area contributed by atoms with E-state index in [1.165, 1.54) is 18.2 Å². The Morgan fingerprint density at radius 2 is 1.91 bits per heavy atom. The van der Waals surface area contributed by atoms with Crippen LogP contribution in [0.4, 0.5) is 10.1 Å². The first kappa shape index (κ1) is 15.4. The van der Waals surface area contributed by atoms with Gasteiger partial charge in [0.15, 0.2) is 0 Å². The largest absolute Gasteiger partial charge is 0.330 e. The fourth-order valence-corrected chi connectivity index (χ4v) is 3.42. The van der Waals surface area contributed by atoms with Crippen LogP contribution in [0, 0.1) is 5.82 Å². The van der Waals surface area contributed by atoms with Gasteiger partial charge in [0.25, 0.3) is 5.91 Å². The minimum Gasteiger partial charge on any atom is -0.330 e. The van der Waals surface area contributed by atoms with Crippen molar-refractivity contribution in [3.8, 4) is 0 Å². The van der Waals surface area contributed by atoms with Crippen molar-refractivity contribution >= 4 is 34.8 Å². The molecule has 3 nitrogen and oxygen atoms in total. The molecule has 0 fully saturated rings. The number of anilines is 1. The molecule has 1 aliphatic carbocycles. The van der Waals surface area contributed by atoms with Gasteiger partial charge in [-0.25, -0.2) is 4.39 Å². The molecule has 0 spiro atoms. The number of amides is 1. The number of hydrogen-bond donors (Lipinski definition) is 1. The van der Waals surface area contributed by atoms with Crippen LogP contribution in [-0.4, -0.2) is 10.5 Å². The number of hydrogen-bond acceptors (Lipinski definition) is 1. The number of halogens is 3. The van der Waals surface area contributed by atoms with E-state index in [0.717, 1.165) is 36.8 Å². The van der Waals surface area contributed by atoms with Crippen molar-refractivity contribution in [3.05, 3.63) is 51.0 Å². The molecular weight excluding hydrogens is 326 g/mol. The Balaban J connectivity index is 1.94. The number of aromatic nitrogens is 1. The zero-order valence-corrected chi connectivity index (χ0v) is 13.6. The molecule has 22 heavy (non-hydrogen) atoms. The summed E-state index contributed by atoms with van der Waals surface area (Å²) >= 11 is 12.1. The van der Waals surface area contributed by atoms with E-state index in [1.54, 1.807) is 11.6 Å². The normalized spacial score (nSPS) is 13.8. The van der Waals surface area contributed by atoms with Gasteiger partial charge in [0.05, 0.1) is 5.02 Å². The van der Waals surface area contributed by atoms with Crippen molar-refractivity contribution in [2.24, 2.45) is 7.05 Å². The highest BCUT2D eigenvalue weighted by Crippen LogP contribution is 2.33. The van der Waals surface area contributed by atoms with E-state index in [-0.39, 0.29) is 10.9 Å². The number of nitrogens with one attached hydrogen (secondary N) is 1. The van der Waals surface area contributed by atoms with Crippen molar-refractivity contribution in [3.63, 3.8) is 0 Å². The van der Waals surface area contributed by atoms with E-state index in [0.29, 0.717) is 16.5 Å². The summed E-state index contributed by atoms with van der Waals surface area (Å²) in [4.78, 5) is 12.6. The zero-order valence-electron chi connectivity index (χ0n) is 12.0. The molecule has 0 atom stereocenters. The summed E-state index contributed by atoms with van der Waals surface area (Å²) in [5.41, 5.74) is 3.11. The predicted octanol–water partition coefficient (Wildman–Crippen LogP) is 4.60. The molecule has 0 saturated heterocycles. The number of carbonyl (C=O) groups excluding carboxylic acids is 1. The quantitative estimate of drug-likeness (QED) is 0.851. The van der Waals surface area contributed by atoms with E-state index < -0.39 is 5.82 Å². The first-order chi connectivity index (χ1) is 10.5. The predicted molar refractivity (Wildman–Crippen MR) is 86.4 cm³/mol. The van der Waals surface area contributed by atoms with E-state index in [1.807, 2.05) is 0 Å². The third-order valence-corrected chi connectivity index (χ3v) is 4.80. The molecule has 0 bridgehead atoms. The molecule has 1 aromatic heterocycles. The van der Waals surface area contributed by atoms with Crippen molar-refractivity contribution in [1.29, 1.82) is 0 Å². The number of fused-ring (bicyclic) bond motifs is 1. The number of nitrogens with zero attached hydrogens (tertiary/aromatic N) is 1. The maximum absolute atomic E-state index is 13.2. The summed E-state index contributed by atoms with van der Waals surface area (Å²) in [7, 11) is 1.78. The zero-order chi connectivity index (χ0) is 15.9. The summed E-state index contributed by atoms with van der Waals surface area (Å²) in [5.74, 6) is -0.769. The third-order valence-electron chi connectivity index (χ3n) is 4.03. The van der Waals surface area contributed by atoms with Crippen LogP contribution in [0.1, 0.15) is 34.5 Å². The van der Waals surface area contributed by atoms with Gasteiger partial charge in [0.1, 0.15) is 16.7 Å². The van der Waals surface area contributed by atoms with Gasteiger partial charge in [-0.1, -0.05) is 23.2 Å². The molecule has 6 heteroatoms. The van der Waals surface area contributed by atoms with Crippen LogP contribution >= 0.6 is 23.2 Å². The Hall–Kier alpha value is -1.52. The van der Waals surface area contributed by atoms with Crippen LogP contribution in [0.3, 0.4) is 0 Å². The summed E-state index contributed by atoms with van der Waals surface area (Å²) in [5, 5.41) is 3.36. The highest BCUT2D eigenvalue weighted by molar-refractivity contribution is 6.31. The minimum absolute atomic E-state index is 0.0234. The van der Waals surface area contributed by atoms with Crippen molar-refractivity contribution in [2.75, 3.05) is 5.32 Å². The lowest BCUT2D eigenvalue weighted by molar-refractivity contribution is 0.101. The lowest BCUT2D eigenvalue weighted by Gasteiger charge is -2.13. The van der Waals surface area contributed by atoms with Gasteiger partial charge >= 0.3 is 0 Å². The van der Waals surface area contributed by atoms with E-state index >= 15 is 0 Å². The summed E-state index contributed by atoms with van der Waals surface area (Å²) in [6.45, 7) is 0. The standard InChI is InChI=1S/C16H15Cl2FN2O/c1-21-14(10-4-2-3-5-11(10)15(21)18)16(22)20-9-6-7-13(19)12(17)8-9/h6-8H,2-5H2,1H3,(H,20,22). The van der Waals surface area contributed by atoms with Gasteiger partial charge in [-0.15, -0.1) is 0 Å². The molecule has 0 saturated carbocycles. The van der Waals surface area contributed by atoms with Gasteiger partial charge in [-0.3, -0.25) is 4.79 Å². The van der Waals surface area contributed by atoms with Crippen LogP contribution in [0.15, 0.2) is 18.2 Å². The van der Waals surface area contributed by atoms with Gasteiger partial charge in [0.2, 0.25) is 0 Å². The molecule has 1 heterocycles. The Labute approximate surface area is 138 Å². The summed E-state index contributed by atoms with van der Waals surface area (Å²) in [6.07, 6.45) is 3.89. The molecule has 3 rings (SSSR count). The van der Waals surface area contributed by atoms with Crippen LogP contribution in [0.25, 0.3) is 0 Å². The lowest BCUT2D eigenvalue weighted by atomic mass is 9.93. The van der Waals surface area contributed by atoms with E-state index in [2.05, 4.69) is 5.32 Å². The first-order valence-corrected chi connectivity index (χ1v) is 7.87. The Kier molecular flexibility index (Phi) is 4.15. The van der Waals surface area contributed by atoms with Gasteiger partial charge in [0, 0.05) is 12.7 Å². The van der Waals surface area contributed by atoms with Gasteiger partial charge in [-0.05, 0) is 55.0 Å². The molecular formula is C16H15Cl2FN2O. The molecule has 2 aromatic rings. The van der Waals surface area contributed by atoms with Crippen molar-refractivity contribution in [2.45, 2.75) is 25.7 Å².